The maximum absolute atomic E-state index is 12.6. The number of nitrogens with two attached hydrogens (primary N) is 2. The number of amidine groups is 1. The van der Waals surface area contributed by atoms with Gasteiger partial charge in [-0.2, -0.15) is 4.99 Å². The van der Waals surface area contributed by atoms with Gasteiger partial charge in [-0.3, -0.25) is 4.79 Å². The molecule has 9 heteroatoms. The van der Waals surface area contributed by atoms with Crippen molar-refractivity contribution in [3.63, 3.8) is 0 Å². The van der Waals surface area contributed by atoms with Crippen LogP contribution in [0.15, 0.2) is 70.8 Å². The Morgan fingerprint density at radius 3 is 2.13 bits per heavy atom. The van der Waals surface area contributed by atoms with Gasteiger partial charge in [0.25, 0.3) is 5.91 Å². The summed E-state index contributed by atoms with van der Waals surface area (Å²) in [7, 11) is 0. The molecule has 1 amide bonds. The topological polar surface area (TPSA) is 145 Å². The molecule has 0 bridgehead atoms. The summed E-state index contributed by atoms with van der Waals surface area (Å²) >= 11 is -2.10. The Balaban J connectivity index is 1.58. The van der Waals surface area contributed by atoms with Gasteiger partial charge in [0, 0.05) is 23.5 Å². The predicted molar refractivity (Wildman–Crippen MR) is 119 cm³/mol. The van der Waals surface area contributed by atoms with Crippen LogP contribution in [0.5, 0.6) is 0 Å². The second-order valence-corrected chi connectivity index (χ2v) is 8.39. The third kappa shape index (κ3) is 4.10. The summed E-state index contributed by atoms with van der Waals surface area (Å²) in [5.41, 5.74) is 14.5. The third-order valence-corrected chi connectivity index (χ3v) is 6.34. The van der Waals surface area contributed by atoms with E-state index in [0.717, 1.165) is 36.0 Å². The van der Waals surface area contributed by atoms with Crippen LogP contribution in [0, 0.1) is 0 Å². The second kappa shape index (κ2) is 8.37. The molecular formula is C22H21N5O3S. The largest absolute Gasteiger partial charge is 0.386 e. The van der Waals surface area contributed by atoms with E-state index in [1.807, 2.05) is 24.3 Å². The molecule has 1 fully saturated rings. The highest BCUT2D eigenvalue weighted by Crippen LogP contribution is 2.44. The smallest absolute Gasteiger partial charge is 0.278 e. The van der Waals surface area contributed by atoms with Crippen LogP contribution in [0.25, 0.3) is 11.1 Å². The van der Waals surface area contributed by atoms with E-state index in [-0.39, 0.29) is 16.7 Å². The first-order chi connectivity index (χ1) is 14.9. The Bertz CT molecular complexity index is 1160. The number of benzene rings is 2. The minimum absolute atomic E-state index is 0.218. The molecule has 1 saturated carbocycles. The number of aliphatic imine (C=N–C) groups is 1. The van der Waals surface area contributed by atoms with E-state index in [4.69, 9.17) is 16.0 Å². The number of nitrogens with zero attached hydrogens (tertiary/aromatic N) is 3. The molecule has 31 heavy (non-hydrogen) atoms. The predicted octanol–water partition coefficient (Wildman–Crippen LogP) is 2.93. The van der Waals surface area contributed by atoms with E-state index < -0.39 is 22.4 Å². The van der Waals surface area contributed by atoms with Crippen LogP contribution in [0.3, 0.4) is 0 Å². The number of carbonyl (C=O) groups excluding carboxylic acids is 1. The molecule has 1 aliphatic rings. The molecule has 2 aromatic carbocycles. The lowest BCUT2D eigenvalue weighted by Crippen LogP contribution is -2.47. The molecule has 1 aromatic heterocycles. The van der Waals surface area contributed by atoms with Crippen molar-refractivity contribution in [1.29, 1.82) is 0 Å². The minimum atomic E-state index is -2.10. The Morgan fingerprint density at radius 2 is 1.61 bits per heavy atom. The van der Waals surface area contributed by atoms with Gasteiger partial charge in [-0.25, -0.2) is 14.2 Å². The fourth-order valence-electron chi connectivity index (χ4n) is 3.69. The van der Waals surface area contributed by atoms with Crippen molar-refractivity contribution in [2.45, 2.75) is 29.6 Å². The molecule has 8 nitrogen and oxygen atoms in total. The molecule has 4 rings (SSSR count). The zero-order valence-electron chi connectivity index (χ0n) is 16.6. The highest BCUT2D eigenvalue weighted by molar-refractivity contribution is 7.79. The number of nitrogen functional groups attached to an aromatic ring is 1. The van der Waals surface area contributed by atoms with E-state index >= 15 is 0 Å². The van der Waals surface area contributed by atoms with Gasteiger partial charge in [-0.05, 0) is 48.2 Å². The monoisotopic (exact) mass is 435 g/mol. The van der Waals surface area contributed by atoms with E-state index in [1.54, 1.807) is 12.4 Å². The zero-order chi connectivity index (χ0) is 22.0. The summed E-state index contributed by atoms with van der Waals surface area (Å²) in [5, 5.41) is 0. The zero-order valence-corrected chi connectivity index (χ0v) is 17.4. The summed E-state index contributed by atoms with van der Waals surface area (Å²) in [6.45, 7) is 0. The number of hydrogen-bond donors (Lipinski definition) is 3. The van der Waals surface area contributed by atoms with Crippen LogP contribution in [0.1, 0.15) is 35.2 Å². The number of anilines is 1. The molecule has 1 unspecified atom stereocenters. The van der Waals surface area contributed by atoms with Crippen LogP contribution in [-0.2, 0) is 16.5 Å². The maximum atomic E-state index is 12.6. The van der Waals surface area contributed by atoms with Gasteiger partial charge in [0.2, 0.25) is 5.95 Å². The van der Waals surface area contributed by atoms with Crippen molar-refractivity contribution in [3.05, 3.63) is 72.1 Å². The van der Waals surface area contributed by atoms with E-state index in [1.165, 1.54) is 24.3 Å². The quantitative estimate of drug-likeness (QED) is 0.317. The molecular weight excluding hydrogens is 414 g/mol. The fraction of sp³-hybridized carbons (Fsp3) is 0.182. The Labute approximate surface area is 181 Å². The van der Waals surface area contributed by atoms with Crippen molar-refractivity contribution in [2.24, 2.45) is 10.7 Å². The Kier molecular flexibility index (Phi) is 5.62. The minimum Gasteiger partial charge on any atom is -0.386 e. The SMILES string of the molecule is NC(=NC(=O)c1ccc(S(=O)O)cc1)C1(c2ccc(-c3cnc(N)nc3)cc2)CCC1. The van der Waals surface area contributed by atoms with E-state index in [0.29, 0.717) is 5.56 Å². The summed E-state index contributed by atoms with van der Waals surface area (Å²) in [5.74, 6) is 0.0264. The molecule has 0 saturated heterocycles. The second-order valence-electron chi connectivity index (χ2n) is 7.42. The van der Waals surface area contributed by atoms with Crippen molar-refractivity contribution in [1.82, 2.24) is 9.97 Å². The Morgan fingerprint density at radius 1 is 1.00 bits per heavy atom. The third-order valence-electron chi connectivity index (χ3n) is 5.66. The number of carbonyl (C=O) groups is 1. The van der Waals surface area contributed by atoms with Crippen molar-refractivity contribution in [2.75, 3.05) is 5.73 Å². The summed E-state index contributed by atoms with van der Waals surface area (Å²) in [4.78, 5) is 25.0. The number of hydrogen-bond acceptors (Lipinski definition) is 5. The average Bonchev–Trinajstić information content (AvgIpc) is 2.74. The average molecular weight is 436 g/mol. The van der Waals surface area contributed by atoms with E-state index in [2.05, 4.69) is 15.0 Å². The first kappa shape index (κ1) is 20.8. The lowest BCUT2D eigenvalue weighted by Gasteiger charge is -2.41. The van der Waals surface area contributed by atoms with Gasteiger partial charge >= 0.3 is 0 Å². The first-order valence-electron chi connectivity index (χ1n) is 9.67. The van der Waals surface area contributed by atoms with Gasteiger partial charge in [-0.1, -0.05) is 30.7 Å². The standard InChI is InChI=1S/C22H21N5O3S/c23-20(27-19(28)15-4-8-18(9-5-15)31(29)30)22(10-1-11-22)17-6-2-14(3-7-17)16-12-25-21(24)26-13-16/h2-9,12-13H,1,10-11H2,(H,29,30)(H2,23,27,28)(H2,24,25,26). The summed E-state index contributed by atoms with van der Waals surface area (Å²) < 4.78 is 20.2. The van der Waals surface area contributed by atoms with Crippen LogP contribution in [0.4, 0.5) is 5.95 Å². The molecule has 0 spiro atoms. The van der Waals surface area contributed by atoms with Gasteiger partial charge in [0.1, 0.15) is 5.84 Å². The van der Waals surface area contributed by atoms with Crippen molar-refractivity contribution < 1.29 is 13.6 Å². The van der Waals surface area contributed by atoms with Crippen LogP contribution < -0.4 is 11.5 Å². The van der Waals surface area contributed by atoms with E-state index in [9.17, 15) is 9.00 Å². The summed E-state index contributed by atoms with van der Waals surface area (Å²) in [6.07, 6.45) is 5.95. The highest BCUT2D eigenvalue weighted by Gasteiger charge is 2.42. The lowest BCUT2D eigenvalue weighted by molar-refractivity contribution is 0.100. The van der Waals surface area contributed by atoms with Gasteiger partial charge < -0.3 is 16.0 Å². The van der Waals surface area contributed by atoms with Gasteiger partial charge in [-0.15, -0.1) is 0 Å². The molecule has 5 N–H and O–H groups in total. The first-order valence-corrected chi connectivity index (χ1v) is 10.8. The molecule has 158 valence electrons. The fourth-order valence-corrected chi connectivity index (χ4v) is 4.06. The maximum Gasteiger partial charge on any atom is 0.278 e. The summed E-state index contributed by atoms with van der Waals surface area (Å²) in [6, 6.07) is 13.7. The molecule has 0 aliphatic heterocycles. The highest BCUT2D eigenvalue weighted by atomic mass is 32.2. The molecule has 3 aromatic rings. The van der Waals surface area contributed by atoms with Gasteiger partial charge in [0.15, 0.2) is 11.1 Å². The molecule has 0 radical (unpaired) electrons. The van der Waals surface area contributed by atoms with Crippen molar-refractivity contribution >= 4 is 28.8 Å². The number of rotatable bonds is 5. The molecule has 1 heterocycles. The molecule has 1 aliphatic carbocycles. The number of amides is 1. The number of aromatic nitrogens is 2. The van der Waals surface area contributed by atoms with Crippen molar-refractivity contribution in [3.8, 4) is 11.1 Å². The van der Waals surface area contributed by atoms with Crippen LogP contribution in [0.2, 0.25) is 0 Å². The normalized spacial score (nSPS) is 16.4. The molecule has 1 atom stereocenters. The lowest BCUT2D eigenvalue weighted by atomic mass is 9.63. The van der Waals surface area contributed by atoms with Gasteiger partial charge in [0.05, 0.1) is 10.3 Å². The van der Waals surface area contributed by atoms with Crippen LogP contribution in [-0.4, -0.2) is 30.5 Å². The van der Waals surface area contributed by atoms with Crippen LogP contribution >= 0.6 is 0 Å². The Hall–Kier alpha value is -3.43.